The van der Waals surface area contributed by atoms with Gasteiger partial charge in [-0.3, -0.25) is 9.40 Å². The van der Waals surface area contributed by atoms with Crippen LogP contribution in [-0.2, 0) is 27.5 Å². The first-order valence-corrected chi connectivity index (χ1v) is 7.92. The SMILES string of the molecule is COCCn1cc(S(=O)(=O)Nc2cccc(C(F)(F)F)c2)cn1. The molecule has 0 saturated heterocycles. The van der Waals surface area contributed by atoms with Gasteiger partial charge in [-0.15, -0.1) is 0 Å². The number of hydrogen-bond acceptors (Lipinski definition) is 4. The molecule has 126 valence electrons. The van der Waals surface area contributed by atoms with Crippen LogP contribution in [0.25, 0.3) is 0 Å². The van der Waals surface area contributed by atoms with Crippen LogP contribution < -0.4 is 4.72 Å². The maximum absolute atomic E-state index is 12.6. The molecule has 0 amide bonds. The van der Waals surface area contributed by atoms with Gasteiger partial charge in [0.2, 0.25) is 0 Å². The monoisotopic (exact) mass is 349 g/mol. The maximum atomic E-state index is 12.6. The molecule has 6 nitrogen and oxygen atoms in total. The molecule has 0 spiro atoms. The third kappa shape index (κ3) is 4.45. The predicted molar refractivity (Wildman–Crippen MR) is 76.4 cm³/mol. The van der Waals surface area contributed by atoms with Gasteiger partial charge in [-0.05, 0) is 18.2 Å². The molecule has 0 bridgehead atoms. The normalized spacial score (nSPS) is 12.3. The molecule has 0 atom stereocenters. The van der Waals surface area contributed by atoms with Crippen LogP contribution in [-0.4, -0.2) is 31.9 Å². The molecule has 0 aliphatic heterocycles. The van der Waals surface area contributed by atoms with E-state index in [0.29, 0.717) is 13.2 Å². The highest BCUT2D eigenvalue weighted by atomic mass is 32.2. The van der Waals surface area contributed by atoms with E-state index in [0.717, 1.165) is 24.4 Å². The van der Waals surface area contributed by atoms with Gasteiger partial charge in [0.05, 0.1) is 24.9 Å². The van der Waals surface area contributed by atoms with E-state index in [-0.39, 0.29) is 10.6 Å². The van der Waals surface area contributed by atoms with Gasteiger partial charge in [-0.2, -0.15) is 18.3 Å². The van der Waals surface area contributed by atoms with Crippen molar-refractivity contribution in [3.05, 3.63) is 42.2 Å². The molecule has 1 heterocycles. The minimum Gasteiger partial charge on any atom is -0.383 e. The minimum atomic E-state index is -4.55. The number of anilines is 1. The van der Waals surface area contributed by atoms with Crippen molar-refractivity contribution in [3.8, 4) is 0 Å². The first-order valence-electron chi connectivity index (χ1n) is 6.44. The van der Waals surface area contributed by atoms with Crippen molar-refractivity contribution in [1.82, 2.24) is 9.78 Å². The summed E-state index contributed by atoms with van der Waals surface area (Å²) in [6.45, 7) is 0.706. The summed E-state index contributed by atoms with van der Waals surface area (Å²) in [6.07, 6.45) is -2.16. The van der Waals surface area contributed by atoms with Crippen molar-refractivity contribution in [3.63, 3.8) is 0 Å². The van der Waals surface area contributed by atoms with Crippen LogP contribution in [0.4, 0.5) is 18.9 Å². The summed E-state index contributed by atoms with van der Waals surface area (Å²) < 4.78 is 70.6. The Hall–Kier alpha value is -2.07. The van der Waals surface area contributed by atoms with Gasteiger partial charge in [0.1, 0.15) is 4.90 Å². The van der Waals surface area contributed by atoms with Crippen molar-refractivity contribution < 1.29 is 26.3 Å². The number of rotatable bonds is 6. The highest BCUT2D eigenvalue weighted by molar-refractivity contribution is 7.92. The Morgan fingerprint density at radius 2 is 2.09 bits per heavy atom. The molecule has 1 aromatic heterocycles. The molecule has 0 aliphatic rings. The quantitative estimate of drug-likeness (QED) is 0.869. The van der Waals surface area contributed by atoms with Crippen molar-refractivity contribution in [2.24, 2.45) is 0 Å². The number of halogens is 3. The minimum absolute atomic E-state index is 0.147. The smallest absolute Gasteiger partial charge is 0.383 e. The van der Waals surface area contributed by atoms with E-state index in [4.69, 9.17) is 4.74 Å². The number of nitrogens with zero attached hydrogens (tertiary/aromatic N) is 2. The molecule has 2 rings (SSSR count). The fourth-order valence-electron chi connectivity index (χ4n) is 1.76. The molecule has 0 aliphatic carbocycles. The average molecular weight is 349 g/mol. The summed E-state index contributed by atoms with van der Waals surface area (Å²) in [6, 6.07) is 3.96. The number of benzene rings is 1. The van der Waals surface area contributed by atoms with Crippen LogP contribution in [0.15, 0.2) is 41.6 Å². The second kappa shape index (κ2) is 6.59. The number of methoxy groups -OCH3 is 1. The molecule has 0 fully saturated rings. The van der Waals surface area contributed by atoms with Crippen LogP contribution in [0.1, 0.15) is 5.56 Å². The average Bonchev–Trinajstić information content (AvgIpc) is 2.94. The van der Waals surface area contributed by atoms with Crippen LogP contribution in [0.3, 0.4) is 0 Å². The molecular formula is C13H14F3N3O3S. The molecule has 2 aromatic rings. The second-order valence-corrected chi connectivity index (χ2v) is 6.30. The molecule has 0 saturated carbocycles. The van der Waals surface area contributed by atoms with E-state index in [1.165, 1.54) is 24.1 Å². The Morgan fingerprint density at radius 3 is 2.74 bits per heavy atom. The Balaban J connectivity index is 2.20. The zero-order valence-electron chi connectivity index (χ0n) is 12.0. The number of nitrogens with one attached hydrogen (secondary N) is 1. The topological polar surface area (TPSA) is 73.2 Å². The van der Waals surface area contributed by atoms with Crippen LogP contribution >= 0.6 is 0 Å². The Bertz CT molecular complexity index is 772. The summed E-state index contributed by atoms with van der Waals surface area (Å²) in [5.74, 6) is 0. The third-order valence-corrected chi connectivity index (χ3v) is 4.22. The molecule has 0 unspecified atom stereocenters. The van der Waals surface area contributed by atoms with Gasteiger partial charge >= 0.3 is 6.18 Å². The summed E-state index contributed by atoms with van der Waals surface area (Å²) >= 11 is 0. The zero-order chi connectivity index (χ0) is 17.1. The molecule has 10 heteroatoms. The van der Waals surface area contributed by atoms with Gasteiger partial charge in [-0.25, -0.2) is 8.42 Å². The number of ether oxygens (including phenoxy) is 1. The Labute approximate surface area is 130 Å². The molecule has 1 N–H and O–H groups in total. The third-order valence-electron chi connectivity index (χ3n) is 2.89. The summed E-state index contributed by atoms with van der Waals surface area (Å²) in [7, 11) is -2.52. The van der Waals surface area contributed by atoms with E-state index in [1.54, 1.807) is 0 Å². The fourth-order valence-corrected chi connectivity index (χ4v) is 2.77. The van der Waals surface area contributed by atoms with Crippen molar-refractivity contribution in [1.29, 1.82) is 0 Å². The van der Waals surface area contributed by atoms with Crippen LogP contribution in [0, 0.1) is 0 Å². The Morgan fingerprint density at radius 1 is 1.35 bits per heavy atom. The molecule has 23 heavy (non-hydrogen) atoms. The lowest BCUT2D eigenvalue weighted by Gasteiger charge is -2.10. The van der Waals surface area contributed by atoms with E-state index in [2.05, 4.69) is 9.82 Å². The lowest BCUT2D eigenvalue weighted by atomic mass is 10.2. The number of alkyl halides is 3. The number of sulfonamides is 1. The van der Waals surface area contributed by atoms with Crippen molar-refractivity contribution in [2.75, 3.05) is 18.4 Å². The van der Waals surface area contributed by atoms with Gasteiger partial charge in [-0.1, -0.05) is 6.07 Å². The Kier molecular flexibility index (Phi) is 4.95. The predicted octanol–water partition coefficient (Wildman–Crippen LogP) is 2.35. The van der Waals surface area contributed by atoms with Gasteiger partial charge in [0, 0.05) is 19.0 Å². The summed E-state index contributed by atoms with van der Waals surface area (Å²) in [4.78, 5) is -0.147. The highest BCUT2D eigenvalue weighted by Crippen LogP contribution is 2.31. The lowest BCUT2D eigenvalue weighted by molar-refractivity contribution is -0.137. The first-order chi connectivity index (χ1) is 10.7. The molecular weight excluding hydrogens is 335 g/mol. The van der Waals surface area contributed by atoms with E-state index in [9.17, 15) is 21.6 Å². The standard InChI is InChI=1S/C13H14F3N3O3S/c1-22-6-5-19-9-12(8-17-19)23(20,21)18-11-4-2-3-10(7-11)13(14,15)16/h2-4,7-9,18H,5-6H2,1H3. The fraction of sp³-hybridized carbons (Fsp3) is 0.308. The van der Waals surface area contributed by atoms with Crippen LogP contribution in [0.5, 0.6) is 0 Å². The second-order valence-electron chi connectivity index (χ2n) is 4.62. The number of aromatic nitrogens is 2. The summed E-state index contributed by atoms with van der Waals surface area (Å²) in [5.41, 5.74) is -1.11. The first kappa shape index (κ1) is 17.3. The van der Waals surface area contributed by atoms with E-state index >= 15 is 0 Å². The summed E-state index contributed by atoms with van der Waals surface area (Å²) in [5, 5.41) is 3.86. The van der Waals surface area contributed by atoms with Gasteiger partial charge in [0.25, 0.3) is 10.0 Å². The van der Waals surface area contributed by atoms with Gasteiger partial charge < -0.3 is 4.74 Å². The lowest BCUT2D eigenvalue weighted by Crippen LogP contribution is -2.13. The largest absolute Gasteiger partial charge is 0.416 e. The molecule has 1 aromatic carbocycles. The van der Waals surface area contributed by atoms with Gasteiger partial charge in [0.15, 0.2) is 0 Å². The maximum Gasteiger partial charge on any atom is 0.416 e. The van der Waals surface area contributed by atoms with Crippen LogP contribution in [0.2, 0.25) is 0 Å². The highest BCUT2D eigenvalue weighted by Gasteiger charge is 2.30. The molecule has 0 radical (unpaired) electrons. The van der Waals surface area contributed by atoms with E-state index in [1.807, 2.05) is 0 Å². The zero-order valence-corrected chi connectivity index (χ0v) is 12.9. The van der Waals surface area contributed by atoms with Crippen molar-refractivity contribution >= 4 is 15.7 Å². The number of hydrogen-bond donors (Lipinski definition) is 1. The van der Waals surface area contributed by atoms with E-state index < -0.39 is 21.8 Å². The van der Waals surface area contributed by atoms with Crippen molar-refractivity contribution in [2.45, 2.75) is 17.6 Å².